The zero-order chi connectivity index (χ0) is 25.2. The van der Waals surface area contributed by atoms with Gasteiger partial charge in [-0.1, -0.05) is 75.0 Å². The number of hydrogen-bond acceptors (Lipinski definition) is 5. The fourth-order valence-corrected chi connectivity index (χ4v) is 4.52. The number of para-hydroxylation sites is 1. The van der Waals surface area contributed by atoms with Crippen molar-refractivity contribution in [2.24, 2.45) is 5.92 Å². The molecule has 2 aromatic carbocycles. The maximum atomic E-state index is 12.9. The van der Waals surface area contributed by atoms with Crippen molar-refractivity contribution in [2.75, 3.05) is 11.1 Å². The Morgan fingerprint density at radius 2 is 1.80 bits per heavy atom. The van der Waals surface area contributed by atoms with Crippen LogP contribution in [-0.2, 0) is 17.8 Å². The highest BCUT2D eigenvalue weighted by Gasteiger charge is 2.24. The van der Waals surface area contributed by atoms with E-state index in [-0.39, 0.29) is 23.6 Å². The molecule has 0 radical (unpaired) electrons. The van der Waals surface area contributed by atoms with E-state index in [0.29, 0.717) is 35.4 Å². The van der Waals surface area contributed by atoms with Gasteiger partial charge in [-0.05, 0) is 42.5 Å². The summed E-state index contributed by atoms with van der Waals surface area (Å²) in [5, 5.41) is 15.5. The zero-order valence-corrected chi connectivity index (χ0v) is 21.3. The van der Waals surface area contributed by atoms with Crippen LogP contribution in [-0.4, -0.2) is 32.3 Å². The standard InChI is InChI=1S/C27H33N5O2S/c1-5-16-32-25(23(17-19(3)4)29-26(34)21-13-8-7-9-14-21)30-31-27(32)35-18-24(33)28-22-15-11-10-12-20(22)6-2/h5,7-15,19,23H,1,6,16-18H2,2-4H3,(H,28,33)(H,29,34). The van der Waals surface area contributed by atoms with Crippen LogP contribution >= 0.6 is 11.8 Å². The molecule has 1 aromatic heterocycles. The SMILES string of the molecule is C=CCn1c(SCC(=O)Nc2ccccc2CC)nnc1C(CC(C)C)NC(=O)c1ccccc1. The summed E-state index contributed by atoms with van der Waals surface area (Å²) in [6, 6.07) is 16.6. The van der Waals surface area contributed by atoms with Crippen LogP contribution < -0.4 is 10.6 Å². The third-order valence-electron chi connectivity index (χ3n) is 5.42. The van der Waals surface area contributed by atoms with E-state index >= 15 is 0 Å². The van der Waals surface area contributed by atoms with E-state index in [9.17, 15) is 9.59 Å². The van der Waals surface area contributed by atoms with Gasteiger partial charge in [0.25, 0.3) is 5.91 Å². The van der Waals surface area contributed by atoms with E-state index in [4.69, 9.17) is 0 Å². The Labute approximate surface area is 211 Å². The second kappa shape index (κ2) is 12.9. The number of carbonyl (C=O) groups is 2. The highest BCUT2D eigenvalue weighted by molar-refractivity contribution is 7.99. The molecule has 3 aromatic rings. The van der Waals surface area contributed by atoms with Gasteiger partial charge in [0, 0.05) is 17.8 Å². The molecule has 0 aliphatic rings. The minimum atomic E-state index is -0.324. The Morgan fingerprint density at radius 1 is 1.09 bits per heavy atom. The highest BCUT2D eigenvalue weighted by Crippen LogP contribution is 2.26. The molecule has 2 N–H and O–H groups in total. The third-order valence-corrected chi connectivity index (χ3v) is 6.39. The smallest absolute Gasteiger partial charge is 0.251 e. The van der Waals surface area contributed by atoms with E-state index in [1.807, 2.05) is 47.0 Å². The molecule has 1 unspecified atom stereocenters. The number of anilines is 1. The van der Waals surface area contributed by atoms with E-state index in [2.05, 4.69) is 48.2 Å². The van der Waals surface area contributed by atoms with Gasteiger partial charge in [-0.25, -0.2) is 0 Å². The van der Waals surface area contributed by atoms with Gasteiger partial charge >= 0.3 is 0 Å². The predicted molar refractivity (Wildman–Crippen MR) is 141 cm³/mol. The molecule has 8 heteroatoms. The number of rotatable bonds is 12. The first-order valence-electron chi connectivity index (χ1n) is 11.8. The summed E-state index contributed by atoms with van der Waals surface area (Å²) in [6.07, 6.45) is 3.30. The summed E-state index contributed by atoms with van der Waals surface area (Å²) < 4.78 is 1.92. The molecule has 0 bridgehead atoms. The van der Waals surface area contributed by atoms with Crippen molar-refractivity contribution in [1.29, 1.82) is 0 Å². The topological polar surface area (TPSA) is 88.9 Å². The van der Waals surface area contributed by atoms with Crippen LogP contribution in [0.3, 0.4) is 0 Å². The van der Waals surface area contributed by atoms with Crippen LogP contribution in [0, 0.1) is 5.92 Å². The first kappa shape index (κ1) is 26.2. The minimum Gasteiger partial charge on any atom is -0.342 e. The van der Waals surface area contributed by atoms with Gasteiger partial charge in [0.05, 0.1) is 11.8 Å². The number of carbonyl (C=O) groups excluding carboxylic acids is 2. The minimum absolute atomic E-state index is 0.110. The third kappa shape index (κ3) is 7.29. The molecule has 0 aliphatic heterocycles. The number of allylic oxidation sites excluding steroid dienone is 1. The Kier molecular flexibility index (Phi) is 9.66. The molecule has 3 rings (SSSR count). The van der Waals surface area contributed by atoms with Crippen LogP contribution in [0.1, 0.15) is 55.0 Å². The molecule has 0 aliphatic carbocycles. The van der Waals surface area contributed by atoms with E-state index in [1.165, 1.54) is 11.8 Å². The fourth-order valence-electron chi connectivity index (χ4n) is 3.76. The van der Waals surface area contributed by atoms with Gasteiger partial charge < -0.3 is 15.2 Å². The summed E-state index contributed by atoms with van der Waals surface area (Å²) in [5.41, 5.74) is 2.51. The summed E-state index contributed by atoms with van der Waals surface area (Å²) in [6.45, 7) is 10.6. The maximum Gasteiger partial charge on any atom is 0.251 e. The number of aromatic nitrogens is 3. The molecule has 1 heterocycles. The molecule has 35 heavy (non-hydrogen) atoms. The normalized spacial score (nSPS) is 11.8. The van der Waals surface area contributed by atoms with Crippen LogP contribution in [0.25, 0.3) is 0 Å². The summed E-state index contributed by atoms with van der Waals surface area (Å²) >= 11 is 1.32. The monoisotopic (exact) mass is 491 g/mol. The van der Waals surface area contributed by atoms with E-state index < -0.39 is 0 Å². The van der Waals surface area contributed by atoms with Crippen LogP contribution in [0.5, 0.6) is 0 Å². The maximum absolute atomic E-state index is 12.9. The molecule has 1 atom stereocenters. The van der Waals surface area contributed by atoms with Crippen LogP contribution in [0.15, 0.2) is 72.4 Å². The van der Waals surface area contributed by atoms with Crippen LogP contribution in [0.2, 0.25) is 0 Å². The lowest BCUT2D eigenvalue weighted by Crippen LogP contribution is -2.31. The van der Waals surface area contributed by atoms with Gasteiger partial charge in [-0.2, -0.15) is 0 Å². The predicted octanol–water partition coefficient (Wildman–Crippen LogP) is 5.27. The molecular formula is C27H33N5O2S. The number of benzene rings is 2. The Balaban J connectivity index is 1.76. The van der Waals surface area contributed by atoms with Crippen molar-refractivity contribution in [1.82, 2.24) is 20.1 Å². The Hall–Kier alpha value is -3.39. The average Bonchev–Trinajstić information content (AvgIpc) is 3.25. The van der Waals surface area contributed by atoms with Gasteiger partial charge in [0.15, 0.2) is 11.0 Å². The van der Waals surface area contributed by atoms with Gasteiger partial charge in [0.2, 0.25) is 5.91 Å². The number of nitrogens with zero attached hydrogens (tertiary/aromatic N) is 3. The van der Waals surface area contributed by atoms with Gasteiger partial charge in [0.1, 0.15) is 0 Å². The Morgan fingerprint density at radius 3 is 2.49 bits per heavy atom. The quantitative estimate of drug-likeness (QED) is 0.266. The first-order chi connectivity index (χ1) is 16.9. The molecule has 0 saturated heterocycles. The molecule has 184 valence electrons. The number of hydrogen-bond donors (Lipinski definition) is 2. The first-order valence-corrected chi connectivity index (χ1v) is 12.8. The van der Waals surface area contributed by atoms with Crippen molar-refractivity contribution >= 4 is 29.3 Å². The van der Waals surface area contributed by atoms with E-state index in [1.54, 1.807) is 18.2 Å². The fraction of sp³-hybridized carbons (Fsp3) is 0.333. The summed E-state index contributed by atoms with van der Waals surface area (Å²) in [5.74, 6) is 0.903. The molecule has 7 nitrogen and oxygen atoms in total. The second-order valence-electron chi connectivity index (χ2n) is 8.61. The summed E-state index contributed by atoms with van der Waals surface area (Å²) in [7, 11) is 0. The van der Waals surface area contributed by atoms with Crippen molar-refractivity contribution in [3.63, 3.8) is 0 Å². The lowest BCUT2D eigenvalue weighted by Gasteiger charge is -2.21. The van der Waals surface area contributed by atoms with Crippen molar-refractivity contribution in [2.45, 2.75) is 51.4 Å². The van der Waals surface area contributed by atoms with Crippen molar-refractivity contribution in [3.05, 3.63) is 84.2 Å². The molecule has 0 saturated carbocycles. The number of aryl methyl sites for hydroxylation is 1. The highest BCUT2D eigenvalue weighted by atomic mass is 32.2. The average molecular weight is 492 g/mol. The number of nitrogens with one attached hydrogen (secondary N) is 2. The molecular weight excluding hydrogens is 458 g/mol. The second-order valence-corrected chi connectivity index (χ2v) is 9.55. The lowest BCUT2D eigenvalue weighted by atomic mass is 10.0. The summed E-state index contributed by atoms with van der Waals surface area (Å²) in [4.78, 5) is 25.5. The number of thioether (sulfide) groups is 1. The van der Waals surface area contributed by atoms with Crippen molar-refractivity contribution < 1.29 is 9.59 Å². The number of amides is 2. The molecule has 2 amide bonds. The zero-order valence-electron chi connectivity index (χ0n) is 20.5. The largest absolute Gasteiger partial charge is 0.342 e. The van der Waals surface area contributed by atoms with E-state index in [0.717, 1.165) is 17.7 Å². The van der Waals surface area contributed by atoms with Gasteiger partial charge in [-0.3, -0.25) is 9.59 Å². The van der Waals surface area contributed by atoms with Gasteiger partial charge in [-0.15, -0.1) is 16.8 Å². The Bertz CT molecular complexity index is 1140. The van der Waals surface area contributed by atoms with Crippen molar-refractivity contribution in [3.8, 4) is 0 Å². The lowest BCUT2D eigenvalue weighted by molar-refractivity contribution is -0.113. The van der Waals surface area contributed by atoms with Crippen LogP contribution in [0.4, 0.5) is 5.69 Å². The molecule has 0 fully saturated rings. The molecule has 0 spiro atoms.